The summed E-state index contributed by atoms with van der Waals surface area (Å²) in [5, 5.41) is 3.13. The molecule has 0 saturated heterocycles. The van der Waals surface area contributed by atoms with Crippen molar-refractivity contribution in [2.75, 3.05) is 18.0 Å². The molecule has 2 amide bonds. The number of sulfonamides is 1. The molecule has 0 radical (unpaired) electrons. The predicted molar refractivity (Wildman–Crippen MR) is 160 cm³/mol. The van der Waals surface area contributed by atoms with Gasteiger partial charge in [-0.05, 0) is 56.5 Å². The Morgan fingerprint density at radius 2 is 1.63 bits per heavy atom. The van der Waals surface area contributed by atoms with E-state index < -0.39 is 28.5 Å². The summed E-state index contributed by atoms with van der Waals surface area (Å²) in [4.78, 5) is 29.1. The summed E-state index contributed by atoms with van der Waals surface area (Å²) < 4.78 is 34.4. The van der Waals surface area contributed by atoms with Crippen molar-refractivity contribution < 1.29 is 22.7 Å². The number of carbonyl (C=O) groups excluding carboxylic acids is 2. The van der Waals surface area contributed by atoms with Gasteiger partial charge in [0.05, 0.1) is 17.7 Å². The summed E-state index contributed by atoms with van der Waals surface area (Å²) >= 11 is 0. The molecule has 1 saturated carbocycles. The van der Waals surface area contributed by atoms with E-state index >= 15 is 0 Å². The van der Waals surface area contributed by atoms with Crippen LogP contribution < -0.4 is 14.4 Å². The molecule has 3 aromatic rings. The van der Waals surface area contributed by atoms with Crippen LogP contribution in [0.15, 0.2) is 83.8 Å². The smallest absolute Gasteiger partial charge is 0.264 e. The molecule has 8 nitrogen and oxygen atoms in total. The van der Waals surface area contributed by atoms with Crippen LogP contribution in [0.4, 0.5) is 5.69 Å². The third-order valence-electron chi connectivity index (χ3n) is 7.52. The van der Waals surface area contributed by atoms with Crippen LogP contribution in [0, 0.1) is 6.92 Å². The minimum absolute atomic E-state index is 0.0482. The summed E-state index contributed by atoms with van der Waals surface area (Å²) in [6.07, 6.45) is 5.13. The van der Waals surface area contributed by atoms with Gasteiger partial charge in [0, 0.05) is 12.6 Å². The number of anilines is 1. The predicted octanol–water partition coefficient (Wildman–Crippen LogP) is 5.07. The molecule has 0 heterocycles. The Hall–Kier alpha value is -3.85. The van der Waals surface area contributed by atoms with Gasteiger partial charge >= 0.3 is 0 Å². The molecule has 0 spiro atoms. The molecule has 1 atom stereocenters. The maximum absolute atomic E-state index is 14.1. The van der Waals surface area contributed by atoms with Gasteiger partial charge < -0.3 is 15.0 Å². The Kier molecular flexibility index (Phi) is 10.0. The van der Waals surface area contributed by atoms with Gasteiger partial charge in [0.2, 0.25) is 11.8 Å². The Bertz CT molecular complexity index is 1440. The molecule has 0 aromatic heterocycles. The molecule has 3 aromatic carbocycles. The van der Waals surface area contributed by atoms with Crippen molar-refractivity contribution in [1.82, 2.24) is 10.2 Å². The quantitative estimate of drug-likeness (QED) is 0.344. The average Bonchev–Trinajstić information content (AvgIpc) is 2.99. The highest BCUT2D eigenvalue weighted by Crippen LogP contribution is 2.32. The van der Waals surface area contributed by atoms with E-state index in [1.54, 1.807) is 49.4 Å². The molecule has 4 rings (SSSR count). The van der Waals surface area contributed by atoms with Gasteiger partial charge in [-0.15, -0.1) is 0 Å². The minimum Gasteiger partial charge on any atom is -0.495 e. The number of hydrogen-bond acceptors (Lipinski definition) is 5. The Labute approximate surface area is 243 Å². The van der Waals surface area contributed by atoms with Gasteiger partial charge in [-0.25, -0.2) is 8.42 Å². The second kappa shape index (κ2) is 13.7. The fourth-order valence-electron chi connectivity index (χ4n) is 5.23. The van der Waals surface area contributed by atoms with E-state index in [0.717, 1.165) is 47.5 Å². The van der Waals surface area contributed by atoms with Gasteiger partial charge in [-0.2, -0.15) is 0 Å². The summed E-state index contributed by atoms with van der Waals surface area (Å²) in [6.45, 7) is 3.31. The number of methoxy groups -OCH3 is 1. The van der Waals surface area contributed by atoms with E-state index in [-0.39, 0.29) is 29.1 Å². The molecule has 41 heavy (non-hydrogen) atoms. The Morgan fingerprint density at radius 1 is 0.951 bits per heavy atom. The summed E-state index contributed by atoms with van der Waals surface area (Å²) in [5.74, 6) is -0.427. The molecule has 1 aliphatic carbocycles. The number of nitrogens with zero attached hydrogens (tertiary/aromatic N) is 2. The first-order valence-corrected chi connectivity index (χ1v) is 15.5. The van der Waals surface area contributed by atoms with Crippen molar-refractivity contribution >= 4 is 27.5 Å². The van der Waals surface area contributed by atoms with Crippen molar-refractivity contribution in [3.8, 4) is 5.75 Å². The summed E-state index contributed by atoms with van der Waals surface area (Å²) in [6, 6.07) is 21.7. The third kappa shape index (κ3) is 7.47. The van der Waals surface area contributed by atoms with Gasteiger partial charge in [-0.1, -0.05) is 79.4 Å². The standard InChI is InChI=1S/C32H39N3O5S/c1-24-13-12-14-26(21-24)22-34(25(2)32(37)33-27-15-6-4-7-16-27)31(36)23-35(29-19-10-11-20-30(29)40-3)41(38,39)28-17-8-5-9-18-28/h5,8-14,17-21,25,27H,4,6-7,15-16,22-23H2,1-3H3,(H,33,37)/t25-/m1/s1. The largest absolute Gasteiger partial charge is 0.495 e. The molecule has 1 fully saturated rings. The van der Waals surface area contributed by atoms with Crippen LogP contribution in [-0.2, 0) is 26.2 Å². The maximum Gasteiger partial charge on any atom is 0.264 e. The second-order valence-electron chi connectivity index (χ2n) is 10.5. The molecule has 0 bridgehead atoms. The average molecular weight is 578 g/mol. The highest BCUT2D eigenvalue weighted by atomic mass is 32.2. The lowest BCUT2D eigenvalue weighted by Gasteiger charge is -2.33. The molecule has 9 heteroatoms. The second-order valence-corrected chi connectivity index (χ2v) is 12.4. The van der Waals surface area contributed by atoms with Crippen LogP contribution in [0.1, 0.15) is 50.2 Å². The lowest BCUT2D eigenvalue weighted by atomic mass is 9.95. The highest BCUT2D eigenvalue weighted by Gasteiger charge is 2.34. The Balaban J connectivity index is 1.69. The summed E-state index contributed by atoms with van der Waals surface area (Å²) in [5.41, 5.74) is 2.11. The number of carbonyl (C=O) groups is 2. The molecule has 0 aliphatic heterocycles. The lowest BCUT2D eigenvalue weighted by molar-refractivity contribution is -0.139. The topological polar surface area (TPSA) is 96.0 Å². The van der Waals surface area contributed by atoms with Gasteiger partial charge in [-0.3, -0.25) is 13.9 Å². The Morgan fingerprint density at radius 3 is 2.32 bits per heavy atom. The fraction of sp³-hybridized carbons (Fsp3) is 0.375. The van der Waals surface area contributed by atoms with Crippen molar-refractivity contribution in [2.24, 2.45) is 0 Å². The van der Waals surface area contributed by atoms with Crippen molar-refractivity contribution in [1.29, 1.82) is 0 Å². The first kappa shape index (κ1) is 30.1. The zero-order valence-corrected chi connectivity index (χ0v) is 24.8. The first-order chi connectivity index (χ1) is 19.7. The van der Waals surface area contributed by atoms with Crippen molar-refractivity contribution in [3.05, 3.63) is 90.0 Å². The molecule has 1 N–H and O–H groups in total. The number of hydrogen-bond donors (Lipinski definition) is 1. The first-order valence-electron chi connectivity index (χ1n) is 14.1. The number of para-hydroxylation sites is 2. The van der Waals surface area contributed by atoms with E-state index in [9.17, 15) is 18.0 Å². The van der Waals surface area contributed by atoms with E-state index in [2.05, 4.69) is 5.32 Å². The normalized spacial score (nSPS) is 14.6. The van der Waals surface area contributed by atoms with Crippen LogP contribution >= 0.6 is 0 Å². The monoisotopic (exact) mass is 577 g/mol. The van der Waals surface area contributed by atoms with Crippen LogP contribution in [0.25, 0.3) is 0 Å². The van der Waals surface area contributed by atoms with Crippen LogP contribution in [0.2, 0.25) is 0 Å². The molecule has 0 unspecified atom stereocenters. The number of amides is 2. The van der Waals surface area contributed by atoms with E-state index in [1.165, 1.54) is 24.1 Å². The molecular formula is C32H39N3O5S. The molecule has 1 aliphatic rings. The fourth-order valence-corrected chi connectivity index (χ4v) is 6.67. The number of aryl methyl sites for hydroxylation is 1. The zero-order chi connectivity index (χ0) is 29.4. The van der Waals surface area contributed by atoms with Crippen LogP contribution in [0.5, 0.6) is 5.75 Å². The van der Waals surface area contributed by atoms with Crippen molar-refractivity contribution in [2.45, 2.75) is 69.5 Å². The zero-order valence-electron chi connectivity index (χ0n) is 24.0. The van der Waals surface area contributed by atoms with E-state index in [1.807, 2.05) is 31.2 Å². The number of benzene rings is 3. The third-order valence-corrected chi connectivity index (χ3v) is 9.29. The lowest BCUT2D eigenvalue weighted by Crippen LogP contribution is -2.53. The minimum atomic E-state index is -4.16. The summed E-state index contributed by atoms with van der Waals surface area (Å²) in [7, 11) is -2.70. The van der Waals surface area contributed by atoms with Crippen LogP contribution in [-0.4, -0.2) is 50.9 Å². The highest BCUT2D eigenvalue weighted by molar-refractivity contribution is 7.92. The van der Waals surface area contributed by atoms with Gasteiger partial charge in [0.1, 0.15) is 18.3 Å². The number of ether oxygens (including phenoxy) is 1. The number of rotatable bonds is 11. The number of nitrogens with one attached hydrogen (secondary N) is 1. The van der Waals surface area contributed by atoms with Crippen molar-refractivity contribution in [3.63, 3.8) is 0 Å². The van der Waals surface area contributed by atoms with Crippen LogP contribution in [0.3, 0.4) is 0 Å². The molecule has 218 valence electrons. The van der Waals surface area contributed by atoms with E-state index in [4.69, 9.17) is 4.74 Å². The SMILES string of the molecule is COc1ccccc1N(CC(=O)N(Cc1cccc(C)c1)[C@H](C)C(=O)NC1CCCCC1)S(=O)(=O)c1ccccc1. The van der Waals surface area contributed by atoms with Gasteiger partial charge in [0.15, 0.2) is 0 Å². The van der Waals surface area contributed by atoms with E-state index in [0.29, 0.717) is 5.75 Å². The van der Waals surface area contributed by atoms with Gasteiger partial charge in [0.25, 0.3) is 10.0 Å². The molecular weight excluding hydrogens is 538 g/mol. The maximum atomic E-state index is 14.1.